The van der Waals surface area contributed by atoms with Gasteiger partial charge in [-0.1, -0.05) is 12.8 Å². The number of hydrogen-bond acceptors (Lipinski definition) is 5. The van der Waals surface area contributed by atoms with Gasteiger partial charge in [0.05, 0.1) is 14.2 Å². The van der Waals surface area contributed by atoms with Crippen molar-refractivity contribution in [2.24, 2.45) is 0 Å². The molecule has 110 valence electrons. The summed E-state index contributed by atoms with van der Waals surface area (Å²) >= 11 is 0. The predicted molar refractivity (Wildman–Crippen MR) is 77.5 cm³/mol. The van der Waals surface area contributed by atoms with Crippen LogP contribution in [0.15, 0.2) is 6.07 Å². The highest BCUT2D eigenvalue weighted by Crippen LogP contribution is 2.27. The number of carbonyl (C=O) groups excluding carboxylic acids is 1. The summed E-state index contributed by atoms with van der Waals surface area (Å²) in [6.07, 6.45) is 4.71. The van der Waals surface area contributed by atoms with Crippen molar-refractivity contribution >= 4 is 11.8 Å². The van der Waals surface area contributed by atoms with Crippen LogP contribution in [0.5, 0.6) is 5.88 Å². The molecular formula is C15H22N2O3. The van der Waals surface area contributed by atoms with E-state index in [9.17, 15) is 4.79 Å². The first-order valence-electron chi connectivity index (χ1n) is 7.06. The van der Waals surface area contributed by atoms with Crippen LogP contribution in [0.3, 0.4) is 0 Å². The predicted octanol–water partition coefficient (Wildman–Crippen LogP) is 2.57. The number of hydrogen-bond donors (Lipinski definition) is 0. The zero-order valence-electron chi connectivity index (χ0n) is 12.4. The molecule has 0 spiro atoms. The molecule has 1 saturated heterocycles. The number of anilines is 1. The lowest BCUT2D eigenvalue weighted by molar-refractivity contribution is 0.0601. The van der Waals surface area contributed by atoms with E-state index in [1.807, 2.05) is 6.92 Å². The van der Waals surface area contributed by atoms with Crippen LogP contribution in [0.2, 0.25) is 0 Å². The Kier molecular flexibility index (Phi) is 4.82. The van der Waals surface area contributed by atoms with Crippen LogP contribution in [-0.2, 0) is 4.74 Å². The lowest BCUT2D eigenvalue weighted by Crippen LogP contribution is -2.27. The van der Waals surface area contributed by atoms with E-state index in [4.69, 9.17) is 9.47 Å². The van der Waals surface area contributed by atoms with E-state index >= 15 is 0 Å². The van der Waals surface area contributed by atoms with E-state index in [0.717, 1.165) is 31.5 Å². The van der Waals surface area contributed by atoms with Gasteiger partial charge in [0, 0.05) is 18.7 Å². The molecule has 0 aliphatic carbocycles. The van der Waals surface area contributed by atoms with E-state index in [-0.39, 0.29) is 5.97 Å². The Labute approximate surface area is 119 Å². The molecule has 1 aromatic rings. The molecule has 0 bridgehead atoms. The molecule has 0 aromatic carbocycles. The minimum Gasteiger partial charge on any atom is -0.481 e. The molecule has 2 heterocycles. The smallest absolute Gasteiger partial charge is 0.341 e. The van der Waals surface area contributed by atoms with Gasteiger partial charge in [0.2, 0.25) is 5.88 Å². The van der Waals surface area contributed by atoms with Crippen LogP contribution < -0.4 is 9.64 Å². The molecule has 0 atom stereocenters. The highest BCUT2D eigenvalue weighted by molar-refractivity contribution is 5.95. The molecule has 1 aromatic heterocycles. The third-order valence-corrected chi connectivity index (χ3v) is 3.65. The van der Waals surface area contributed by atoms with Crippen LogP contribution in [0, 0.1) is 6.92 Å². The van der Waals surface area contributed by atoms with Gasteiger partial charge in [-0.25, -0.2) is 4.79 Å². The summed E-state index contributed by atoms with van der Waals surface area (Å²) in [7, 11) is 2.99. The van der Waals surface area contributed by atoms with E-state index in [1.165, 1.54) is 20.0 Å². The fourth-order valence-electron chi connectivity index (χ4n) is 2.58. The van der Waals surface area contributed by atoms with Gasteiger partial charge < -0.3 is 14.4 Å². The maximum atomic E-state index is 12.0. The maximum absolute atomic E-state index is 12.0. The summed E-state index contributed by atoms with van der Waals surface area (Å²) in [5.74, 6) is 0.903. The topological polar surface area (TPSA) is 51.7 Å². The standard InChI is InChI=1S/C15H22N2O3/c1-11-10-12(15(18)20-3)13(16-14(11)19-2)17-8-6-4-5-7-9-17/h10H,4-9H2,1-3H3. The maximum Gasteiger partial charge on any atom is 0.341 e. The van der Waals surface area contributed by atoms with Crippen molar-refractivity contribution in [3.63, 3.8) is 0 Å². The van der Waals surface area contributed by atoms with Crippen molar-refractivity contribution in [1.29, 1.82) is 0 Å². The molecular weight excluding hydrogens is 256 g/mol. The van der Waals surface area contributed by atoms with Crippen molar-refractivity contribution in [3.8, 4) is 5.88 Å². The highest BCUT2D eigenvalue weighted by Gasteiger charge is 2.22. The molecule has 1 aliphatic rings. The zero-order chi connectivity index (χ0) is 14.5. The summed E-state index contributed by atoms with van der Waals surface area (Å²) < 4.78 is 10.2. The Morgan fingerprint density at radius 3 is 2.40 bits per heavy atom. The molecule has 0 unspecified atom stereocenters. The highest BCUT2D eigenvalue weighted by atomic mass is 16.5. The number of rotatable bonds is 3. The second-order valence-corrected chi connectivity index (χ2v) is 5.08. The Hall–Kier alpha value is -1.78. The molecule has 5 nitrogen and oxygen atoms in total. The molecule has 5 heteroatoms. The Balaban J connectivity index is 2.43. The molecule has 1 aliphatic heterocycles. The van der Waals surface area contributed by atoms with Gasteiger partial charge in [0.1, 0.15) is 11.4 Å². The fourth-order valence-corrected chi connectivity index (χ4v) is 2.58. The second kappa shape index (κ2) is 6.59. The molecule has 0 amide bonds. The number of ether oxygens (including phenoxy) is 2. The zero-order valence-corrected chi connectivity index (χ0v) is 12.4. The van der Waals surface area contributed by atoms with Crippen LogP contribution in [0.25, 0.3) is 0 Å². The first kappa shape index (κ1) is 14.6. The van der Waals surface area contributed by atoms with E-state index in [1.54, 1.807) is 13.2 Å². The number of carbonyl (C=O) groups is 1. The monoisotopic (exact) mass is 278 g/mol. The van der Waals surface area contributed by atoms with Crippen LogP contribution in [0.4, 0.5) is 5.82 Å². The first-order chi connectivity index (χ1) is 9.67. The van der Waals surface area contributed by atoms with Gasteiger partial charge in [-0.15, -0.1) is 0 Å². The Morgan fingerprint density at radius 2 is 1.85 bits per heavy atom. The third kappa shape index (κ3) is 3.03. The molecule has 0 radical (unpaired) electrons. The van der Waals surface area contributed by atoms with Gasteiger partial charge in [-0.05, 0) is 25.8 Å². The lowest BCUT2D eigenvalue weighted by atomic mass is 10.1. The van der Waals surface area contributed by atoms with Crippen molar-refractivity contribution in [1.82, 2.24) is 4.98 Å². The van der Waals surface area contributed by atoms with Gasteiger partial charge in [-0.2, -0.15) is 4.98 Å². The van der Waals surface area contributed by atoms with E-state index in [0.29, 0.717) is 17.3 Å². The van der Waals surface area contributed by atoms with Crippen LogP contribution in [0.1, 0.15) is 41.6 Å². The number of esters is 1. The summed E-state index contributed by atoms with van der Waals surface area (Å²) in [4.78, 5) is 18.7. The number of pyridine rings is 1. The van der Waals surface area contributed by atoms with Crippen molar-refractivity contribution < 1.29 is 14.3 Å². The summed E-state index contributed by atoms with van der Waals surface area (Å²) in [5, 5.41) is 0. The average molecular weight is 278 g/mol. The van der Waals surface area contributed by atoms with E-state index in [2.05, 4.69) is 9.88 Å². The average Bonchev–Trinajstić information content (AvgIpc) is 2.75. The Bertz CT molecular complexity index is 480. The van der Waals surface area contributed by atoms with Crippen molar-refractivity contribution in [3.05, 3.63) is 17.2 Å². The summed E-state index contributed by atoms with van der Waals surface area (Å²) in [6.45, 7) is 3.72. The first-order valence-corrected chi connectivity index (χ1v) is 7.06. The largest absolute Gasteiger partial charge is 0.481 e. The number of aromatic nitrogens is 1. The minimum atomic E-state index is -0.345. The lowest BCUT2D eigenvalue weighted by Gasteiger charge is -2.24. The quantitative estimate of drug-likeness (QED) is 0.795. The minimum absolute atomic E-state index is 0.345. The number of methoxy groups -OCH3 is 2. The van der Waals surface area contributed by atoms with Crippen LogP contribution in [-0.4, -0.2) is 38.3 Å². The van der Waals surface area contributed by atoms with Crippen LogP contribution >= 0.6 is 0 Å². The van der Waals surface area contributed by atoms with Gasteiger partial charge in [-0.3, -0.25) is 0 Å². The summed E-state index contributed by atoms with van der Waals surface area (Å²) in [5.41, 5.74) is 1.36. The van der Waals surface area contributed by atoms with Gasteiger partial charge in [0.15, 0.2) is 0 Å². The molecule has 20 heavy (non-hydrogen) atoms. The molecule has 0 N–H and O–H groups in total. The SMILES string of the molecule is COC(=O)c1cc(C)c(OC)nc1N1CCCCCC1. The normalized spacial score (nSPS) is 15.7. The Morgan fingerprint density at radius 1 is 1.20 bits per heavy atom. The van der Waals surface area contributed by atoms with Crippen molar-refractivity contribution in [2.75, 3.05) is 32.2 Å². The molecule has 2 rings (SSSR count). The molecule has 1 fully saturated rings. The number of nitrogens with zero attached hydrogens (tertiary/aromatic N) is 2. The van der Waals surface area contributed by atoms with Gasteiger partial charge in [0.25, 0.3) is 0 Å². The molecule has 0 saturated carbocycles. The van der Waals surface area contributed by atoms with Gasteiger partial charge >= 0.3 is 5.97 Å². The number of aryl methyl sites for hydroxylation is 1. The van der Waals surface area contributed by atoms with E-state index < -0.39 is 0 Å². The third-order valence-electron chi connectivity index (χ3n) is 3.65. The summed E-state index contributed by atoms with van der Waals surface area (Å²) in [6, 6.07) is 1.80. The second-order valence-electron chi connectivity index (χ2n) is 5.08. The van der Waals surface area contributed by atoms with Crippen molar-refractivity contribution in [2.45, 2.75) is 32.6 Å². The fraction of sp³-hybridized carbons (Fsp3) is 0.600.